The fourth-order valence-electron chi connectivity index (χ4n) is 4.79. The minimum Gasteiger partial charge on any atom is -0.390 e. The smallest absolute Gasteiger partial charge is 0.0832 e. The summed E-state index contributed by atoms with van der Waals surface area (Å²) >= 11 is 0. The molecule has 2 N–H and O–H groups in total. The lowest BCUT2D eigenvalue weighted by atomic mass is 9.56. The van der Waals surface area contributed by atoms with Crippen molar-refractivity contribution in [1.82, 2.24) is 0 Å². The second kappa shape index (κ2) is 4.30. The zero-order valence-corrected chi connectivity index (χ0v) is 10.0. The van der Waals surface area contributed by atoms with Crippen LogP contribution in [0, 0.1) is 23.7 Å². The number of hydrogen-bond acceptors (Lipinski definition) is 2. The molecule has 0 aromatic carbocycles. The van der Waals surface area contributed by atoms with E-state index in [9.17, 15) is 10.2 Å². The quantitative estimate of drug-likeness (QED) is 0.663. The lowest BCUT2D eigenvalue weighted by Gasteiger charge is -2.52. The highest BCUT2D eigenvalue weighted by atomic mass is 16.3. The predicted molar refractivity (Wildman–Crippen MR) is 62.9 cm³/mol. The maximum Gasteiger partial charge on any atom is 0.0832 e. The minimum atomic E-state index is -0.426. The van der Waals surface area contributed by atoms with Gasteiger partial charge in [-0.05, 0) is 49.4 Å². The van der Waals surface area contributed by atoms with Crippen LogP contribution >= 0.6 is 0 Å². The summed E-state index contributed by atoms with van der Waals surface area (Å²) in [5, 5.41) is 20.5. The van der Waals surface area contributed by atoms with E-state index in [0.717, 1.165) is 24.7 Å². The summed E-state index contributed by atoms with van der Waals surface area (Å²) in [4.78, 5) is 0. The summed E-state index contributed by atoms with van der Waals surface area (Å²) in [7, 11) is 0. The van der Waals surface area contributed by atoms with Crippen LogP contribution in [0.25, 0.3) is 0 Å². The first kappa shape index (κ1) is 11.0. The van der Waals surface area contributed by atoms with E-state index in [1.807, 2.05) is 0 Å². The number of rotatable bonds is 0. The van der Waals surface area contributed by atoms with Crippen molar-refractivity contribution < 1.29 is 10.2 Å². The van der Waals surface area contributed by atoms with Gasteiger partial charge in [0, 0.05) is 0 Å². The molecule has 3 aliphatic carbocycles. The van der Waals surface area contributed by atoms with Gasteiger partial charge in [-0.15, -0.1) is 0 Å². The van der Waals surface area contributed by atoms with Gasteiger partial charge in [-0.2, -0.15) is 0 Å². The van der Waals surface area contributed by atoms with Crippen LogP contribution in [0.3, 0.4) is 0 Å². The molecule has 2 nitrogen and oxygen atoms in total. The maximum absolute atomic E-state index is 10.3. The second-order valence-electron chi connectivity index (χ2n) is 6.21. The zero-order valence-electron chi connectivity index (χ0n) is 10.0. The average molecular weight is 224 g/mol. The van der Waals surface area contributed by atoms with Crippen molar-refractivity contribution in [3.05, 3.63) is 0 Å². The molecule has 0 radical (unpaired) electrons. The molecule has 3 aliphatic rings. The van der Waals surface area contributed by atoms with Gasteiger partial charge in [0.1, 0.15) is 0 Å². The molecule has 2 heteroatoms. The Morgan fingerprint density at radius 1 is 0.500 bits per heavy atom. The van der Waals surface area contributed by atoms with Crippen LogP contribution < -0.4 is 0 Å². The van der Waals surface area contributed by atoms with E-state index in [1.165, 1.54) is 38.5 Å². The van der Waals surface area contributed by atoms with Crippen LogP contribution in [0.15, 0.2) is 0 Å². The molecule has 0 aromatic rings. The fraction of sp³-hybridized carbons (Fsp3) is 1.00. The Morgan fingerprint density at radius 2 is 0.812 bits per heavy atom. The van der Waals surface area contributed by atoms with Gasteiger partial charge in [0.25, 0.3) is 0 Å². The molecule has 0 heterocycles. The molecular formula is C14H24O2. The van der Waals surface area contributed by atoms with Crippen LogP contribution in [-0.2, 0) is 0 Å². The van der Waals surface area contributed by atoms with Crippen molar-refractivity contribution in [3.8, 4) is 0 Å². The van der Waals surface area contributed by atoms with Crippen molar-refractivity contribution in [2.24, 2.45) is 23.7 Å². The highest BCUT2D eigenvalue weighted by molar-refractivity contribution is 4.99. The van der Waals surface area contributed by atoms with Crippen molar-refractivity contribution in [2.75, 3.05) is 0 Å². The second-order valence-corrected chi connectivity index (χ2v) is 6.21. The first-order chi connectivity index (χ1) is 7.79. The molecule has 16 heavy (non-hydrogen) atoms. The Balaban J connectivity index is 1.84. The van der Waals surface area contributed by atoms with Gasteiger partial charge in [0.15, 0.2) is 0 Å². The van der Waals surface area contributed by atoms with Gasteiger partial charge in [0.2, 0.25) is 0 Å². The van der Waals surface area contributed by atoms with E-state index >= 15 is 0 Å². The molecule has 3 fully saturated rings. The molecule has 92 valence electrons. The molecule has 0 spiro atoms. The van der Waals surface area contributed by atoms with Crippen molar-refractivity contribution in [3.63, 3.8) is 0 Å². The van der Waals surface area contributed by atoms with Crippen molar-refractivity contribution >= 4 is 0 Å². The topological polar surface area (TPSA) is 40.5 Å². The third-order valence-corrected chi connectivity index (χ3v) is 5.53. The summed E-state index contributed by atoms with van der Waals surface area (Å²) in [6, 6.07) is 0. The number of aliphatic hydroxyl groups is 2. The molecule has 0 aromatic heterocycles. The Morgan fingerprint density at radius 3 is 1.19 bits per heavy atom. The molecule has 6 atom stereocenters. The van der Waals surface area contributed by atoms with Gasteiger partial charge in [-0.25, -0.2) is 0 Å². The maximum atomic E-state index is 10.3. The summed E-state index contributed by atoms with van der Waals surface area (Å²) in [5.41, 5.74) is 0. The van der Waals surface area contributed by atoms with Gasteiger partial charge >= 0.3 is 0 Å². The first-order valence-electron chi connectivity index (χ1n) is 7.15. The van der Waals surface area contributed by atoms with Crippen molar-refractivity contribution in [1.29, 1.82) is 0 Å². The summed E-state index contributed by atoms with van der Waals surface area (Å²) in [6.45, 7) is 0. The zero-order chi connectivity index (χ0) is 11.1. The first-order valence-corrected chi connectivity index (χ1v) is 7.15. The predicted octanol–water partition coefficient (Wildman–Crippen LogP) is 2.33. The summed E-state index contributed by atoms with van der Waals surface area (Å²) in [6.07, 6.45) is 9.23. The molecule has 0 aliphatic heterocycles. The largest absolute Gasteiger partial charge is 0.390 e. The molecule has 3 rings (SSSR count). The van der Waals surface area contributed by atoms with E-state index < -0.39 is 12.2 Å². The lowest BCUT2D eigenvalue weighted by molar-refractivity contribution is -0.147. The SMILES string of the molecule is OC1C(O)[C@@H]2CCCC[C@H]2[C@H]2CCCC[C@@H]12. The van der Waals surface area contributed by atoms with Gasteiger partial charge in [-0.1, -0.05) is 25.7 Å². The fourth-order valence-corrected chi connectivity index (χ4v) is 4.79. The number of fused-ring (bicyclic) bond motifs is 3. The van der Waals surface area contributed by atoms with Crippen LogP contribution in [0.2, 0.25) is 0 Å². The Labute approximate surface area is 98.1 Å². The van der Waals surface area contributed by atoms with E-state index in [1.54, 1.807) is 0 Å². The normalized spacial score (nSPS) is 52.9. The van der Waals surface area contributed by atoms with Crippen molar-refractivity contribution in [2.45, 2.75) is 63.6 Å². The highest BCUT2D eigenvalue weighted by Gasteiger charge is 2.49. The van der Waals surface area contributed by atoms with Crippen LogP contribution in [0.5, 0.6) is 0 Å². The van der Waals surface area contributed by atoms with E-state index in [2.05, 4.69) is 0 Å². The minimum absolute atomic E-state index is 0.406. The molecule has 0 bridgehead atoms. The van der Waals surface area contributed by atoms with Crippen LogP contribution in [0.4, 0.5) is 0 Å². The average Bonchev–Trinajstić information content (AvgIpc) is 2.36. The molecule has 0 saturated heterocycles. The van der Waals surface area contributed by atoms with Crippen LogP contribution in [-0.4, -0.2) is 22.4 Å². The Kier molecular flexibility index (Phi) is 2.97. The summed E-state index contributed by atoms with van der Waals surface area (Å²) in [5.74, 6) is 2.25. The highest BCUT2D eigenvalue weighted by Crippen LogP contribution is 2.51. The molecule has 0 amide bonds. The number of hydrogen-bond donors (Lipinski definition) is 2. The van der Waals surface area contributed by atoms with Gasteiger partial charge in [-0.3, -0.25) is 0 Å². The van der Waals surface area contributed by atoms with E-state index in [4.69, 9.17) is 0 Å². The standard InChI is InChI=1S/C14H24O2/c15-13-11-7-3-1-5-9(11)10-6-2-4-8-12(10)14(13)16/h9-16H,1-8H2/t9-,10+,11-,12-,13?,14?/m1/s1. The molecular weight excluding hydrogens is 200 g/mol. The molecule has 3 saturated carbocycles. The third-order valence-electron chi connectivity index (χ3n) is 5.53. The summed E-state index contributed by atoms with van der Waals surface area (Å²) < 4.78 is 0. The number of aliphatic hydroxyl groups excluding tert-OH is 2. The van der Waals surface area contributed by atoms with Crippen LogP contribution in [0.1, 0.15) is 51.4 Å². The van der Waals surface area contributed by atoms with Gasteiger partial charge < -0.3 is 10.2 Å². The molecule has 2 unspecified atom stereocenters. The lowest BCUT2D eigenvalue weighted by Crippen LogP contribution is -2.54. The van der Waals surface area contributed by atoms with Gasteiger partial charge in [0.05, 0.1) is 12.2 Å². The van der Waals surface area contributed by atoms with E-state index in [0.29, 0.717) is 11.8 Å². The van der Waals surface area contributed by atoms with E-state index in [-0.39, 0.29) is 0 Å². The monoisotopic (exact) mass is 224 g/mol. The Bertz CT molecular complexity index is 227. The third kappa shape index (κ3) is 1.62. The Hall–Kier alpha value is -0.0800.